The van der Waals surface area contributed by atoms with Crippen molar-refractivity contribution in [3.8, 4) is 5.69 Å². The fraction of sp³-hybridized carbons (Fsp3) is 0.481. The molecule has 1 fully saturated rings. The molecule has 0 bridgehead atoms. The second-order valence-electron chi connectivity index (χ2n) is 9.84. The molecule has 0 saturated carbocycles. The molecule has 36 heavy (non-hydrogen) atoms. The van der Waals surface area contributed by atoms with Crippen LogP contribution in [0.5, 0.6) is 0 Å². The molecular weight excluding hydrogens is 464 g/mol. The molecule has 1 aliphatic carbocycles. The maximum Gasteiger partial charge on any atom is 0.320 e. The third-order valence-corrected chi connectivity index (χ3v) is 7.36. The number of rotatable bonds is 8. The summed E-state index contributed by atoms with van der Waals surface area (Å²) in [6, 6.07) is 9.04. The molecule has 2 aromatic rings. The fourth-order valence-electron chi connectivity index (χ4n) is 5.28. The summed E-state index contributed by atoms with van der Waals surface area (Å²) in [4.78, 5) is 15.5. The Balaban J connectivity index is 1.56. The van der Waals surface area contributed by atoms with Crippen molar-refractivity contribution >= 4 is 11.8 Å². The van der Waals surface area contributed by atoms with E-state index in [1.54, 1.807) is 11.8 Å². The Hall–Kier alpha value is -3.04. The molecular formula is C27H35F2N5O2. The first-order valence-corrected chi connectivity index (χ1v) is 12.4. The van der Waals surface area contributed by atoms with Crippen LogP contribution in [0.4, 0.5) is 19.4 Å². The van der Waals surface area contributed by atoms with Gasteiger partial charge in [-0.15, -0.1) is 0 Å². The smallest absolute Gasteiger partial charge is 0.320 e. The van der Waals surface area contributed by atoms with Gasteiger partial charge >= 0.3 is 6.03 Å². The molecule has 1 aromatic heterocycles. The van der Waals surface area contributed by atoms with Gasteiger partial charge in [0.05, 0.1) is 18.0 Å². The van der Waals surface area contributed by atoms with Crippen LogP contribution in [-0.2, 0) is 11.2 Å². The molecule has 0 spiro atoms. The lowest BCUT2D eigenvalue weighted by molar-refractivity contribution is 0.152. The van der Waals surface area contributed by atoms with E-state index in [1.165, 1.54) is 12.2 Å². The zero-order valence-corrected chi connectivity index (χ0v) is 21.4. The second kappa shape index (κ2) is 10.9. The number of halogens is 2. The highest BCUT2D eigenvalue weighted by molar-refractivity contribution is 5.90. The number of aromatic nitrogens is 2. The van der Waals surface area contributed by atoms with E-state index in [9.17, 15) is 13.6 Å². The van der Waals surface area contributed by atoms with Gasteiger partial charge in [-0.05, 0) is 49.5 Å². The normalized spacial score (nSPS) is 24.4. The van der Waals surface area contributed by atoms with E-state index in [1.807, 2.05) is 51.1 Å². The third-order valence-electron chi connectivity index (χ3n) is 7.36. The van der Waals surface area contributed by atoms with Gasteiger partial charge in [-0.2, -0.15) is 5.10 Å². The summed E-state index contributed by atoms with van der Waals surface area (Å²) in [6.07, 6.45) is 3.79. The maximum absolute atomic E-state index is 14.3. The Labute approximate surface area is 211 Å². The molecule has 7 nitrogen and oxygen atoms in total. The lowest BCUT2D eigenvalue weighted by Gasteiger charge is -2.37. The second-order valence-corrected chi connectivity index (χ2v) is 9.84. The predicted octanol–water partition coefficient (Wildman–Crippen LogP) is 4.93. The van der Waals surface area contributed by atoms with E-state index < -0.39 is 17.1 Å². The van der Waals surface area contributed by atoms with Gasteiger partial charge in [0, 0.05) is 44.3 Å². The SMILES string of the molecule is CCc1nn(-c2ccccc2)c(NC(=O)N[C@@H]2CN(CCOC)C[C@H]2C2(C)C=C(F)C(F)=CC2)c1C. The number of aryl methyl sites for hydroxylation is 1. The molecule has 2 heterocycles. The first kappa shape index (κ1) is 26.0. The molecule has 194 valence electrons. The molecule has 4 rings (SSSR count). The number of nitrogens with zero attached hydrogens (tertiary/aromatic N) is 3. The van der Waals surface area contributed by atoms with Gasteiger partial charge in [0.2, 0.25) is 0 Å². The quantitative estimate of drug-likeness (QED) is 0.541. The molecule has 1 aromatic carbocycles. The van der Waals surface area contributed by atoms with Crippen molar-refractivity contribution < 1.29 is 18.3 Å². The van der Waals surface area contributed by atoms with E-state index >= 15 is 0 Å². The van der Waals surface area contributed by atoms with Crippen molar-refractivity contribution in [2.24, 2.45) is 11.3 Å². The molecule has 1 aliphatic heterocycles. The minimum Gasteiger partial charge on any atom is -0.383 e. The number of amides is 2. The van der Waals surface area contributed by atoms with Gasteiger partial charge in [0.25, 0.3) is 0 Å². The number of methoxy groups -OCH3 is 1. The number of urea groups is 1. The van der Waals surface area contributed by atoms with Gasteiger partial charge in [-0.1, -0.05) is 32.0 Å². The molecule has 3 atom stereocenters. The Bertz CT molecular complexity index is 1150. The molecule has 0 radical (unpaired) electrons. The minimum atomic E-state index is -0.836. The van der Waals surface area contributed by atoms with Crippen LogP contribution in [0.25, 0.3) is 5.69 Å². The zero-order valence-electron chi connectivity index (χ0n) is 21.4. The van der Waals surface area contributed by atoms with Crippen molar-refractivity contribution in [1.29, 1.82) is 0 Å². The number of anilines is 1. The lowest BCUT2D eigenvalue weighted by Crippen LogP contribution is -2.47. The van der Waals surface area contributed by atoms with Crippen molar-refractivity contribution in [3.63, 3.8) is 0 Å². The Kier molecular flexibility index (Phi) is 7.90. The summed E-state index contributed by atoms with van der Waals surface area (Å²) in [5, 5.41) is 10.8. The first-order valence-electron chi connectivity index (χ1n) is 12.4. The fourth-order valence-corrected chi connectivity index (χ4v) is 5.28. The van der Waals surface area contributed by atoms with Crippen molar-refractivity contribution in [2.75, 3.05) is 38.7 Å². The molecule has 1 unspecified atom stereocenters. The molecule has 2 amide bonds. The van der Waals surface area contributed by atoms with Gasteiger partial charge in [0.15, 0.2) is 11.7 Å². The van der Waals surface area contributed by atoms with Crippen LogP contribution < -0.4 is 10.6 Å². The average molecular weight is 500 g/mol. The van der Waals surface area contributed by atoms with Crippen LogP contribution in [0.2, 0.25) is 0 Å². The van der Waals surface area contributed by atoms with Crippen molar-refractivity contribution in [2.45, 2.75) is 39.7 Å². The third kappa shape index (κ3) is 5.37. The Morgan fingerprint density at radius 3 is 2.64 bits per heavy atom. The molecule has 1 saturated heterocycles. The predicted molar refractivity (Wildman–Crippen MR) is 137 cm³/mol. The maximum atomic E-state index is 14.3. The summed E-state index contributed by atoms with van der Waals surface area (Å²) >= 11 is 0. The van der Waals surface area contributed by atoms with Gasteiger partial charge < -0.3 is 10.1 Å². The zero-order chi connectivity index (χ0) is 25.9. The number of nitrogens with one attached hydrogen (secondary N) is 2. The number of benzene rings is 1. The highest BCUT2D eigenvalue weighted by atomic mass is 19.2. The van der Waals surface area contributed by atoms with E-state index in [0.717, 1.165) is 23.4 Å². The Morgan fingerprint density at radius 2 is 1.97 bits per heavy atom. The number of hydrogen-bond donors (Lipinski definition) is 2. The highest BCUT2D eigenvalue weighted by Crippen LogP contribution is 2.44. The van der Waals surface area contributed by atoms with E-state index in [0.29, 0.717) is 38.5 Å². The number of carbonyl (C=O) groups excluding carboxylic acids is 1. The monoisotopic (exact) mass is 499 g/mol. The van der Waals surface area contributed by atoms with Crippen LogP contribution >= 0.6 is 0 Å². The van der Waals surface area contributed by atoms with Crippen LogP contribution in [0.3, 0.4) is 0 Å². The number of carbonyl (C=O) groups is 1. The summed E-state index contributed by atoms with van der Waals surface area (Å²) in [5.74, 6) is -1.15. The van der Waals surface area contributed by atoms with Crippen LogP contribution in [0.15, 0.2) is 54.1 Å². The van der Waals surface area contributed by atoms with E-state index in [-0.39, 0.29) is 18.0 Å². The number of allylic oxidation sites excluding steroid dienone is 4. The summed E-state index contributed by atoms with van der Waals surface area (Å²) in [6.45, 7) is 8.38. The average Bonchev–Trinajstić information content (AvgIpc) is 3.42. The molecule has 9 heteroatoms. The number of ether oxygens (including phenoxy) is 1. The van der Waals surface area contributed by atoms with Crippen LogP contribution in [0, 0.1) is 18.3 Å². The Morgan fingerprint density at radius 1 is 1.22 bits per heavy atom. The first-order chi connectivity index (χ1) is 17.3. The highest BCUT2D eigenvalue weighted by Gasteiger charge is 2.45. The van der Waals surface area contributed by atoms with Crippen LogP contribution in [-0.4, -0.2) is 60.1 Å². The number of hydrogen-bond acceptors (Lipinski definition) is 4. The summed E-state index contributed by atoms with van der Waals surface area (Å²) in [7, 11) is 1.65. The largest absolute Gasteiger partial charge is 0.383 e. The lowest BCUT2D eigenvalue weighted by atomic mass is 9.70. The molecule has 2 aliphatic rings. The standard InChI is InChI=1S/C27H35F2N5O2/c1-5-23-18(2)25(34(32-23)19-9-7-6-8-10-19)31-26(35)30-24-17-33(13-14-36-4)16-20(24)27(3)12-11-21(28)22(29)15-27/h6-11,15,20,24H,5,12-14,16-17H2,1-4H3,(H2,30,31,35)/t20-,24-,27?/m1/s1. The van der Waals surface area contributed by atoms with E-state index in [4.69, 9.17) is 9.84 Å². The number of likely N-dealkylation sites (tertiary alicyclic amines) is 1. The minimum absolute atomic E-state index is 0.110. The summed E-state index contributed by atoms with van der Waals surface area (Å²) in [5.41, 5.74) is 2.04. The van der Waals surface area contributed by atoms with E-state index in [2.05, 4.69) is 15.5 Å². The van der Waals surface area contributed by atoms with Gasteiger partial charge in [-0.25, -0.2) is 18.3 Å². The topological polar surface area (TPSA) is 71.4 Å². The van der Waals surface area contributed by atoms with Gasteiger partial charge in [0.1, 0.15) is 5.82 Å². The molecule has 2 N–H and O–H groups in total. The van der Waals surface area contributed by atoms with Crippen molar-refractivity contribution in [1.82, 2.24) is 20.0 Å². The van der Waals surface area contributed by atoms with Crippen molar-refractivity contribution in [3.05, 3.63) is 65.4 Å². The van der Waals surface area contributed by atoms with Gasteiger partial charge in [-0.3, -0.25) is 10.2 Å². The number of para-hydroxylation sites is 1. The summed E-state index contributed by atoms with van der Waals surface area (Å²) < 4.78 is 35.0. The van der Waals surface area contributed by atoms with Crippen LogP contribution in [0.1, 0.15) is 31.5 Å².